The van der Waals surface area contributed by atoms with E-state index in [1.807, 2.05) is 18.2 Å². The molecule has 0 spiro atoms. The molecule has 1 atom stereocenters. The molecule has 0 aliphatic rings. The Bertz CT molecular complexity index is 380. The maximum Gasteiger partial charge on any atom is 0.184 e. The second-order valence-electron chi connectivity index (χ2n) is 6.53. The number of hydrogen-bond donors (Lipinski definition) is 0. The van der Waals surface area contributed by atoms with Crippen molar-refractivity contribution in [3.63, 3.8) is 0 Å². The standard InChI is InChI=1S/C13H23ClOSi2/c1-16(2,3)13(15-17(4,5)6)11-8-7-9-12(14)10-11/h7-10,13H,1-6H3. The molecule has 0 amide bonds. The molecule has 0 saturated carbocycles. The van der Waals surface area contributed by atoms with Crippen LogP contribution in [0, 0.1) is 0 Å². The van der Waals surface area contributed by atoms with Gasteiger partial charge >= 0.3 is 0 Å². The average molecular weight is 287 g/mol. The fraction of sp³-hybridized carbons (Fsp3) is 0.538. The molecule has 1 nitrogen and oxygen atoms in total. The van der Waals surface area contributed by atoms with E-state index in [1.165, 1.54) is 5.56 Å². The molecule has 96 valence electrons. The highest BCUT2D eigenvalue weighted by atomic mass is 35.5. The number of rotatable bonds is 4. The Morgan fingerprint density at radius 3 is 2.06 bits per heavy atom. The summed E-state index contributed by atoms with van der Waals surface area (Å²) in [6.45, 7) is 13.8. The van der Waals surface area contributed by atoms with E-state index in [1.54, 1.807) is 0 Å². The van der Waals surface area contributed by atoms with Crippen LogP contribution in [0.1, 0.15) is 11.3 Å². The van der Waals surface area contributed by atoms with Gasteiger partial charge in [-0.3, -0.25) is 0 Å². The van der Waals surface area contributed by atoms with Gasteiger partial charge in [-0.15, -0.1) is 0 Å². The van der Waals surface area contributed by atoms with Gasteiger partial charge in [-0.25, -0.2) is 0 Å². The molecule has 0 aliphatic heterocycles. The first kappa shape index (κ1) is 15.0. The summed E-state index contributed by atoms with van der Waals surface area (Å²) >= 11 is 6.08. The molecule has 1 unspecified atom stereocenters. The molecule has 0 fully saturated rings. The Balaban J connectivity index is 3.07. The van der Waals surface area contributed by atoms with E-state index in [0.29, 0.717) is 0 Å². The number of halogens is 1. The second kappa shape index (κ2) is 5.26. The smallest absolute Gasteiger partial charge is 0.184 e. The normalized spacial score (nSPS) is 14.8. The van der Waals surface area contributed by atoms with Crippen LogP contribution in [0.5, 0.6) is 0 Å². The molecule has 1 aromatic carbocycles. The first-order valence-electron chi connectivity index (χ1n) is 6.03. The van der Waals surface area contributed by atoms with Crippen molar-refractivity contribution in [2.75, 3.05) is 0 Å². The maximum atomic E-state index is 6.39. The third-order valence-corrected chi connectivity index (χ3v) is 5.85. The minimum absolute atomic E-state index is 0.243. The Kier molecular flexibility index (Phi) is 4.63. The summed E-state index contributed by atoms with van der Waals surface area (Å²) in [4.78, 5) is 0. The molecule has 0 aromatic heterocycles. The predicted molar refractivity (Wildman–Crippen MR) is 82.0 cm³/mol. The largest absolute Gasteiger partial charge is 0.414 e. The summed E-state index contributed by atoms with van der Waals surface area (Å²) < 4.78 is 6.39. The van der Waals surface area contributed by atoms with Crippen LogP contribution in [0.2, 0.25) is 44.3 Å². The molecule has 0 saturated heterocycles. The van der Waals surface area contributed by atoms with Crippen molar-refractivity contribution < 1.29 is 4.43 Å². The van der Waals surface area contributed by atoms with E-state index < -0.39 is 16.4 Å². The van der Waals surface area contributed by atoms with Crippen LogP contribution in [-0.4, -0.2) is 16.4 Å². The van der Waals surface area contributed by atoms with Gasteiger partial charge < -0.3 is 4.43 Å². The zero-order valence-electron chi connectivity index (χ0n) is 11.7. The van der Waals surface area contributed by atoms with Gasteiger partial charge in [0.1, 0.15) is 0 Å². The van der Waals surface area contributed by atoms with E-state index in [4.69, 9.17) is 16.0 Å². The lowest BCUT2D eigenvalue weighted by atomic mass is 10.2. The second-order valence-corrected chi connectivity index (χ2v) is 16.7. The Morgan fingerprint density at radius 2 is 1.65 bits per heavy atom. The summed E-state index contributed by atoms with van der Waals surface area (Å²) in [5, 5.41) is 0.796. The average Bonchev–Trinajstić information content (AvgIpc) is 2.11. The molecule has 0 aliphatic carbocycles. The van der Waals surface area contributed by atoms with Crippen molar-refractivity contribution in [2.24, 2.45) is 0 Å². The minimum atomic E-state index is -1.54. The van der Waals surface area contributed by atoms with Gasteiger partial charge in [0.05, 0.1) is 13.8 Å². The molecular formula is C13H23ClOSi2. The molecule has 0 radical (unpaired) electrons. The van der Waals surface area contributed by atoms with Crippen LogP contribution in [0.15, 0.2) is 24.3 Å². The van der Waals surface area contributed by atoms with Gasteiger partial charge in [0, 0.05) is 5.02 Å². The maximum absolute atomic E-state index is 6.39. The monoisotopic (exact) mass is 286 g/mol. The summed E-state index contributed by atoms with van der Waals surface area (Å²) in [5.41, 5.74) is 1.48. The van der Waals surface area contributed by atoms with Gasteiger partial charge in [-0.1, -0.05) is 43.4 Å². The van der Waals surface area contributed by atoms with Crippen LogP contribution in [0.25, 0.3) is 0 Å². The van der Waals surface area contributed by atoms with Crippen molar-refractivity contribution >= 4 is 28.0 Å². The molecular weight excluding hydrogens is 264 g/mol. The SMILES string of the molecule is C[Si](C)(C)OC(c1cccc(Cl)c1)[Si](C)(C)C. The zero-order valence-corrected chi connectivity index (χ0v) is 14.4. The lowest BCUT2D eigenvalue weighted by molar-refractivity contribution is 0.268. The summed E-state index contributed by atoms with van der Waals surface area (Å²) in [5.74, 6) is 0. The zero-order chi connectivity index (χ0) is 13.3. The van der Waals surface area contributed by atoms with E-state index >= 15 is 0 Å². The Morgan fingerprint density at radius 1 is 1.06 bits per heavy atom. The highest BCUT2D eigenvalue weighted by Crippen LogP contribution is 2.32. The quantitative estimate of drug-likeness (QED) is 0.699. The Labute approximate surface area is 112 Å². The van der Waals surface area contributed by atoms with Gasteiger partial charge in [0.2, 0.25) is 0 Å². The van der Waals surface area contributed by atoms with Crippen molar-refractivity contribution in [1.29, 1.82) is 0 Å². The van der Waals surface area contributed by atoms with E-state index in [9.17, 15) is 0 Å². The van der Waals surface area contributed by atoms with Gasteiger partial charge in [0.25, 0.3) is 0 Å². The predicted octanol–water partition coefficient (Wildman–Crippen LogP) is 5.11. The molecule has 0 heterocycles. The topological polar surface area (TPSA) is 9.23 Å². The number of benzene rings is 1. The summed E-state index contributed by atoms with van der Waals surface area (Å²) in [6.07, 6.45) is 0. The van der Waals surface area contributed by atoms with Gasteiger partial charge in [-0.2, -0.15) is 0 Å². The van der Waals surface area contributed by atoms with Crippen molar-refractivity contribution in [3.8, 4) is 0 Å². The van der Waals surface area contributed by atoms with Crippen molar-refractivity contribution in [3.05, 3.63) is 34.9 Å². The van der Waals surface area contributed by atoms with E-state index in [0.717, 1.165) is 5.02 Å². The van der Waals surface area contributed by atoms with Crippen LogP contribution in [0.4, 0.5) is 0 Å². The molecule has 4 heteroatoms. The first-order chi connectivity index (χ1) is 7.59. The van der Waals surface area contributed by atoms with Crippen molar-refractivity contribution in [1.82, 2.24) is 0 Å². The minimum Gasteiger partial charge on any atom is -0.414 e. The first-order valence-corrected chi connectivity index (χ1v) is 13.4. The van der Waals surface area contributed by atoms with Crippen LogP contribution in [0.3, 0.4) is 0 Å². The molecule has 1 aromatic rings. The van der Waals surface area contributed by atoms with Crippen LogP contribution < -0.4 is 0 Å². The Hall–Kier alpha value is -0.0962. The highest BCUT2D eigenvalue weighted by molar-refractivity contribution is 6.78. The third-order valence-electron chi connectivity index (χ3n) is 2.41. The molecule has 0 N–H and O–H groups in total. The summed E-state index contributed by atoms with van der Waals surface area (Å²) in [7, 11) is -2.94. The van der Waals surface area contributed by atoms with Gasteiger partial charge in [-0.05, 0) is 37.3 Å². The highest BCUT2D eigenvalue weighted by Gasteiger charge is 2.33. The third kappa shape index (κ3) is 4.96. The van der Waals surface area contributed by atoms with Crippen LogP contribution >= 0.6 is 11.6 Å². The van der Waals surface area contributed by atoms with E-state index in [2.05, 4.69) is 45.3 Å². The molecule has 17 heavy (non-hydrogen) atoms. The summed E-state index contributed by atoms with van der Waals surface area (Å²) in [6, 6.07) is 8.11. The fourth-order valence-corrected chi connectivity index (χ4v) is 6.46. The molecule has 1 rings (SSSR count). The van der Waals surface area contributed by atoms with Crippen molar-refractivity contribution in [2.45, 2.75) is 45.0 Å². The van der Waals surface area contributed by atoms with Gasteiger partial charge in [0.15, 0.2) is 8.32 Å². The van der Waals surface area contributed by atoms with Crippen LogP contribution in [-0.2, 0) is 4.43 Å². The molecule has 0 bridgehead atoms. The lowest BCUT2D eigenvalue weighted by Gasteiger charge is -2.35. The van der Waals surface area contributed by atoms with E-state index in [-0.39, 0.29) is 5.73 Å². The lowest BCUT2D eigenvalue weighted by Crippen LogP contribution is -2.40. The fourth-order valence-electron chi connectivity index (χ4n) is 1.77. The number of hydrogen-bond acceptors (Lipinski definition) is 1.